The van der Waals surface area contributed by atoms with Crippen molar-refractivity contribution in [2.24, 2.45) is 5.92 Å². The minimum absolute atomic E-state index is 0.391. The average molecular weight is 293 g/mol. The molecular weight excluding hydrogens is 266 g/mol. The maximum atomic E-state index is 5.67. The molecular formula is C16H27N3O2. The Morgan fingerprint density at radius 2 is 2.14 bits per heavy atom. The van der Waals surface area contributed by atoms with Gasteiger partial charge in [-0.2, -0.15) is 0 Å². The van der Waals surface area contributed by atoms with Gasteiger partial charge in [-0.3, -0.25) is 4.90 Å². The number of nitrogens with zero attached hydrogens (tertiary/aromatic N) is 3. The van der Waals surface area contributed by atoms with E-state index in [4.69, 9.17) is 9.15 Å². The van der Waals surface area contributed by atoms with E-state index in [0.717, 1.165) is 24.8 Å². The van der Waals surface area contributed by atoms with Crippen LogP contribution in [0.4, 0.5) is 0 Å². The summed E-state index contributed by atoms with van der Waals surface area (Å²) in [7, 11) is 0. The van der Waals surface area contributed by atoms with Crippen LogP contribution in [0.1, 0.15) is 57.2 Å². The lowest BCUT2D eigenvalue weighted by Gasteiger charge is -2.43. The molecule has 1 saturated carbocycles. The van der Waals surface area contributed by atoms with E-state index in [0.29, 0.717) is 24.0 Å². The Kier molecular flexibility index (Phi) is 4.60. The molecule has 3 rings (SSSR count). The van der Waals surface area contributed by atoms with Gasteiger partial charge in [-0.25, -0.2) is 0 Å². The molecule has 0 aromatic carbocycles. The van der Waals surface area contributed by atoms with Gasteiger partial charge in [0.05, 0.1) is 12.0 Å². The lowest BCUT2D eigenvalue weighted by Crippen LogP contribution is -2.47. The highest BCUT2D eigenvalue weighted by Crippen LogP contribution is 2.36. The molecule has 1 aromatic heterocycles. The normalized spacial score (nSPS) is 33.9. The predicted octanol–water partition coefficient (Wildman–Crippen LogP) is 2.76. The largest absolute Gasteiger partial charge is 0.425 e. The van der Waals surface area contributed by atoms with Crippen LogP contribution in [0.3, 0.4) is 0 Å². The molecule has 1 aliphatic heterocycles. The van der Waals surface area contributed by atoms with Crippen molar-refractivity contribution < 1.29 is 9.15 Å². The fourth-order valence-corrected chi connectivity index (χ4v) is 3.79. The summed E-state index contributed by atoms with van der Waals surface area (Å²) in [6.45, 7) is 9.48. The van der Waals surface area contributed by atoms with Crippen LogP contribution >= 0.6 is 0 Å². The summed E-state index contributed by atoms with van der Waals surface area (Å²) in [4.78, 5) is 2.61. The third-order valence-electron chi connectivity index (χ3n) is 5.07. The molecule has 21 heavy (non-hydrogen) atoms. The second kappa shape index (κ2) is 6.44. The van der Waals surface area contributed by atoms with E-state index < -0.39 is 0 Å². The highest BCUT2D eigenvalue weighted by molar-refractivity contribution is 5.00. The fourth-order valence-electron chi connectivity index (χ4n) is 3.79. The number of hydrogen-bond donors (Lipinski definition) is 0. The van der Waals surface area contributed by atoms with Crippen molar-refractivity contribution in [3.05, 3.63) is 11.8 Å². The summed E-state index contributed by atoms with van der Waals surface area (Å²) in [6.07, 6.45) is 5.33. The van der Waals surface area contributed by atoms with Crippen LogP contribution in [0.15, 0.2) is 4.42 Å². The quantitative estimate of drug-likeness (QED) is 0.835. The van der Waals surface area contributed by atoms with Gasteiger partial charge in [0, 0.05) is 26.1 Å². The first-order valence-electron chi connectivity index (χ1n) is 8.33. The van der Waals surface area contributed by atoms with Crippen LogP contribution in [-0.4, -0.2) is 46.9 Å². The summed E-state index contributed by atoms with van der Waals surface area (Å²) in [6, 6.07) is 0.491. The lowest BCUT2D eigenvalue weighted by molar-refractivity contribution is -0.0404. The molecule has 0 amide bonds. The Morgan fingerprint density at radius 1 is 1.33 bits per heavy atom. The van der Waals surface area contributed by atoms with Crippen molar-refractivity contribution in [3.8, 4) is 0 Å². The maximum absolute atomic E-state index is 5.67. The zero-order chi connectivity index (χ0) is 14.8. The molecule has 2 fully saturated rings. The minimum atomic E-state index is 0.391. The number of piperidine rings is 1. The Hall–Kier alpha value is -0.940. The van der Waals surface area contributed by atoms with Gasteiger partial charge in [0.1, 0.15) is 0 Å². The third-order valence-corrected chi connectivity index (χ3v) is 5.07. The van der Waals surface area contributed by atoms with Crippen molar-refractivity contribution in [2.75, 3.05) is 19.7 Å². The Labute approximate surface area is 127 Å². The van der Waals surface area contributed by atoms with Gasteiger partial charge in [0.15, 0.2) is 0 Å². The van der Waals surface area contributed by atoms with E-state index >= 15 is 0 Å². The molecule has 0 unspecified atom stereocenters. The van der Waals surface area contributed by atoms with Gasteiger partial charge in [-0.15, -0.1) is 10.2 Å². The first-order valence-corrected chi connectivity index (χ1v) is 8.33. The molecule has 2 atom stereocenters. The van der Waals surface area contributed by atoms with Crippen LogP contribution in [0.2, 0.25) is 0 Å². The van der Waals surface area contributed by atoms with Gasteiger partial charge in [-0.1, -0.05) is 0 Å². The summed E-state index contributed by atoms with van der Waals surface area (Å²) in [5, 5.41) is 8.23. The summed E-state index contributed by atoms with van der Waals surface area (Å²) < 4.78 is 11.3. The Bertz CT molecular complexity index is 456. The maximum Gasteiger partial charge on any atom is 0.221 e. The number of rotatable bonds is 5. The van der Waals surface area contributed by atoms with E-state index in [1.165, 1.54) is 32.4 Å². The molecule has 2 aliphatic rings. The number of ether oxygens (including phenoxy) is 1. The van der Waals surface area contributed by atoms with Crippen molar-refractivity contribution in [3.63, 3.8) is 0 Å². The first kappa shape index (κ1) is 15.0. The molecule has 0 bridgehead atoms. The summed E-state index contributed by atoms with van der Waals surface area (Å²) in [5.74, 6) is 2.69. The van der Waals surface area contributed by atoms with E-state index in [1.54, 1.807) is 0 Å². The second-order valence-electron chi connectivity index (χ2n) is 6.56. The van der Waals surface area contributed by atoms with E-state index in [1.807, 2.05) is 6.92 Å². The summed E-state index contributed by atoms with van der Waals surface area (Å²) >= 11 is 0. The van der Waals surface area contributed by atoms with Gasteiger partial charge in [-0.05, 0) is 52.0 Å². The van der Waals surface area contributed by atoms with Crippen molar-refractivity contribution in [1.29, 1.82) is 0 Å². The Morgan fingerprint density at radius 3 is 2.81 bits per heavy atom. The van der Waals surface area contributed by atoms with Crippen molar-refractivity contribution in [2.45, 2.75) is 64.5 Å². The predicted molar refractivity (Wildman–Crippen MR) is 80.2 cm³/mol. The number of hydrogen-bond acceptors (Lipinski definition) is 5. The van der Waals surface area contributed by atoms with Gasteiger partial charge >= 0.3 is 0 Å². The molecule has 1 saturated heterocycles. The molecule has 0 N–H and O–H groups in total. The van der Waals surface area contributed by atoms with Crippen LogP contribution in [0, 0.1) is 12.8 Å². The van der Waals surface area contributed by atoms with Crippen LogP contribution in [0.5, 0.6) is 0 Å². The molecule has 1 aromatic rings. The van der Waals surface area contributed by atoms with Crippen molar-refractivity contribution >= 4 is 0 Å². The number of aryl methyl sites for hydroxylation is 1. The van der Waals surface area contributed by atoms with E-state index in [2.05, 4.69) is 28.9 Å². The number of aromatic nitrogens is 2. The third kappa shape index (κ3) is 3.29. The molecule has 5 nitrogen and oxygen atoms in total. The smallest absolute Gasteiger partial charge is 0.221 e. The minimum Gasteiger partial charge on any atom is -0.425 e. The van der Waals surface area contributed by atoms with E-state index in [9.17, 15) is 0 Å². The molecule has 118 valence electrons. The standard InChI is InChI=1S/C16H27N3O2/c1-4-20-14-8-13(9-14)10-19-7-5-6-15(11(19)2)16-18-17-12(3)21-16/h11,13-15H,4-10H2,1-3H3/t11-,13?,14?,15-/m0/s1. The topological polar surface area (TPSA) is 51.4 Å². The van der Waals surface area contributed by atoms with Gasteiger partial charge in [0.2, 0.25) is 11.8 Å². The van der Waals surface area contributed by atoms with Gasteiger partial charge < -0.3 is 9.15 Å². The lowest BCUT2D eigenvalue weighted by atomic mass is 9.80. The summed E-state index contributed by atoms with van der Waals surface area (Å²) in [5.41, 5.74) is 0. The molecule has 0 radical (unpaired) electrons. The van der Waals surface area contributed by atoms with E-state index in [-0.39, 0.29) is 0 Å². The number of likely N-dealkylation sites (tertiary alicyclic amines) is 1. The zero-order valence-electron chi connectivity index (χ0n) is 13.4. The first-order chi connectivity index (χ1) is 10.2. The average Bonchev–Trinajstić information content (AvgIpc) is 2.85. The fraction of sp³-hybridized carbons (Fsp3) is 0.875. The molecule has 0 spiro atoms. The monoisotopic (exact) mass is 293 g/mol. The Balaban J connectivity index is 1.54. The van der Waals surface area contributed by atoms with Crippen LogP contribution < -0.4 is 0 Å². The molecule has 1 aliphatic carbocycles. The molecule has 5 heteroatoms. The SMILES string of the molecule is CCOC1CC(CN2CCC[C@H](c3nnc(C)o3)[C@@H]2C)C1. The zero-order valence-corrected chi connectivity index (χ0v) is 13.4. The van der Waals surface area contributed by atoms with Crippen LogP contribution in [-0.2, 0) is 4.74 Å². The van der Waals surface area contributed by atoms with Crippen LogP contribution in [0.25, 0.3) is 0 Å². The highest BCUT2D eigenvalue weighted by Gasteiger charge is 2.36. The van der Waals surface area contributed by atoms with Crippen molar-refractivity contribution in [1.82, 2.24) is 15.1 Å². The highest BCUT2D eigenvalue weighted by atomic mass is 16.5. The van der Waals surface area contributed by atoms with Gasteiger partial charge in [0.25, 0.3) is 0 Å². The molecule has 2 heterocycles. The second-order valence-corrected chi connectivity index (χ2v) is 6.56.